The molecule has 0 bridgehead atoms. The van der Waals surface area contributed by atoms with Crippen LogP contribution in [0.25, 0.3) is 11.1 Å². The van der Waals surface area contributed by atoms with Gasteiger partial charge in [-0.15, -0.1) is 0 Å². The second-order valence-electron chi connectivity index (χ2n) is 4.51. The standard InChI is InChI=1S/C15H11BrN2O3/c16-8-9-1-3-10(4-2-9)14(19)17-11-5-6-13-12(7-11)18-15(20)21-13/h1-7H,8H2,(H,17,19)(H,18,20). The molecular weight excluding hydrogens is 336 g/mol. The lowest BCUT2D eigenvalue weighted by molar-refractivity contribution is 0.102. The summed E-state index contributed by atoms with van der Waals surface area (Å²) in [7, 11) is 0. The van der Waals surface area contributed by atoms with E-state index in [4.69, 9.17) is 4.42 Å². The summed E-state index contributed by atoms with van der Waals surface area (Å²) in [5, 5.41) is 3.53. The number of hydrogen-bond acceptors (Lipinski definition) is 3. The molecule has 106 valence electrons. The molecule has 0 unspecified atom stereocenters. The van der Waals surface area contributed by atoms with Crippen molar-refractivity contribution in [1.82, 2.24) is 4.98 Å². The average molecular weight is 347 g/mol. The van der Waals surface area contributed by atoms with Crippen molar-refractivity contribution in [3.8, 4) is 0 Å². The minimum absolute atomic E-state index is 0.207. The summed E-state index contributed by atoms with van der Waals surface area (Å²) in [4.78, 5) is 25.8. The number of nitrogens with one attached hydrogen (secondary N) is 2. The van der Waals surface area contributed by atoms with E-state index in [0.29, 0.717) is 22.4 Å². The number of aromatic amines is 1. The lowest BCUT2D eigenvalue weighted by Crippen LogP contribution is -2.11. The Morgan fingerprint density at radius 1 is 1.19 bits per heavy atom. The van der Waals surface area contributed by atoms with Crippen LogP contribution in [0.15, 0.2) is 51.7 Å². The van der Waals surface area contributed by atoms with Gasteiger partial charge in [0, 0.05) is 16.6 Å². The molecule has 0 atom stereocenters. The van der Waals surface area contributed by atoms with Crippen LogP contribution in [0.3, 0.4) is 0 Å². The van der Waals surface area contributed by atoms with Gasteiger partial charge in [0.15, 0.2) is 5.58 Å². The zero-order valence-electron chi connectivity index (χ0n) is 10.9. The van der Waals surface area contributed by atoms with Gasteiger partial charge in [0.25, 0.3) is 5.91 Å². The number of anilines is 1. The van der Waals surface area contributed by atoms with Gasteiger partial charge in [-0.25, -0.2) is 4.79 Å². The number of rotatable bonds is 3. The van der Waals surface area contributed by atoms with Gasteiger partial charge in [0.1, 0.15) is 0 Å². The van der Waals surface area contributed by atoms with Crippen LogP contribution in [0.5, 0.6) is 0 Å². The quantitative estimate of drug-likeness (QED) is 0.714. The Morgan fingerprint density at radius 2 is 1.95 bits per heavy atom. The highest BCUT2D eigenvalue weighted by atomic mass is 79.9. The van der Waals surface area contributed by atoms with Crippen LogP contribution in [-0.4, -0.2) is 10.9 Å². The molecule has 0 aliphatic heterocycles. The van der Waals surface area contributed by atoms with Gasteiger partial charge in [-0.3, -0.25) is 9.78 Å². The summed E-state index contributed by atoms with van der Waals surface area (Å²) < 4.78 is 4.91. The summed E-state index contributed by atoms with van der Waals surface area (Å²) in [5.41, 5.74) is 3.27. The number of carbonyl (C=O) groups excluding carboxylic acids is 1. The average Bonchev–Trinajstić information content (AvgIpc) is 2.86. The Morgan fingerprint density at radius 3 is 2.67 bits per heavy atom. The van der Waals surface area contributed by atoms with E-state index < -0.39 is 5.76 Å². The monoisotopic (exact) mass is 346 g/mol. The molecule has 0 radical (unpaired) electrons. The fourth-order valence-electron chi connectivity index (χ4n) is 1.98. The van der Waals surface area contributed by atoms with E-state index in [9.17, 15) is 9.59 Å². The Labute approximate surface area is 128 Å². The van der Waals surface area contributed by atoms with Crippen molar-refractivity contribution in [2.45, 2.75) is 5.33 Å². The third-order valence-electron chi connectivity index (χ3n) is 3.05. The van der Waals surface area contributed by atoms with Crippen LogP contribution in [0.4, 0.5) is 5.69 Å². The largest absolute Gasteiger partial charge is 0.417 e. The topological polar surface area (TPSA) is 75.1 Å². The molecule has 0 spiro atoms. The normalized spacial score (nSPS) is 10.7. The number of amides is 1. The number of benzene rings is 2. The third kappa shape index (κ3) is 2.90. The molecule has 2 N–H and O–H groups in total. The van der Waals surface area contributed by atoms with Crippen LogP contribution in [0.2, 0.25) is 0 Å². The van der Waals surface area contributed by atoms with Gasteiger partial charge < -0.3 is 9.73 Å². The van der Waals surface area contributed by atoms with Crippen molar-refractivity contribution < 1.29 is 9.21 Å². The smallest absolute Gasteiger partial charge is 0.408 e. The van der Waals surface area contributed by atoms with Crippen molar-refractivity contribution >= 4 is 38.6 Å². The van der Waals surface area contributed by atoms with E-state index in [1.54, 1.807) is 30.3 Å². The van der Waals surface area contributed by atoms with E-state index in [-0.39, 0.29) is 5.91 Å². The van der Waals surface area contributed by atoms with Crippen molar-refractivity contribution in [3.05, 3.63) is 64.1 Å². The van der Waals surface area contributed by atoms with Crippen molar-refractivity contribution in [1.29, 1.82) is 0 Å². The number of fused-ring (bicyclic) bond motifs is 1. The highest BCUT2D eigenvalue weighted by Crippen LogP contribution is 2.17. The van der Waals surface area contributed by atoms with Gasteiger partial charge in [-0.05, 0) is 35.9 Å². The zero-order valence-corrected chi connectivity index (χ0v) is 12.4. The molecule has 2 aromatic carbocycles. The SMILES string of the molecule is O=C(Nc1ccc2oc(=O)[nH]c2c1)c1ccc(CBr)cc1. The van der Waals surface area contributed by atoms with Crippen molar-refractivity contribution in [2.75, 3.05) is 5.32 Å². The molecular formula is C15H11BrN2O3. The van der Waals surface area contributed by atoms with E-state index in [1.165, 1.54) is 0 Å². The van der Waals surface area contributed by atoms with Gasteiger partial charge in [0.05, 0.1) is 5.52 Å². The highest BCUT2D eigenvalue weighted by Gasteiger charge is 2.08. The van der Waals surface area contributed by atoms with E-state index in [0.717, 1.165) is 10.9 Å². The first-order chi connectivity index (χ1) is 10.2. The maximum absolute atomic E-state index is 12.1. The second-order valence-corrected chi connectivity index (χ2v) is 5.07. The van der Waals surface area contributed by atoms with E-state index in [1.807, 2.05) is 12.1 Å². The second kappa shape index (κ2) is 5.57. The molecule has 0 saturated heterocycles. The first-order valence-electron chi connectivity index (χ1n) is 6.25. The molecule has 6 heteroatoms. The molecule has 3 aromatic rings. The van der Waals surface area contributed by atoms with Gasteiger partial charge in [-0.1, -0.05) is 28.1 Å². The number of H-pyrrole nitrogens is 1. The maximum Gasteiger partial charge on any atom is 0.417 e. The van der Waals surface area contributed by atoms with E-state index >= 15 is 0 Å². The van der Waals surface area contributed by atoms with Crippen LogP contribution < -0.4 is 11.1 Å². The van der Waals surface area contributed by atoms with Crippen LogP contribution in [0, 0.1) is 0 Å². The Bertz CT molecular complexity index is 849. The molecule has 0 aliphatic carbocycles. The Hall–Kier alpha value is -2.34. The summed E-state index contributed by atoms with van der Waals surface area (Å²) in [6.45, 7) is 0. The van der Waals surface area contributed by atoms with E-state index in [2.05, 4.69) is 26.2 Å². The predicted octanol–water partition coefficient (Wildman–Crippen LogP) is 3.27. The van der Waals surface area contributed by atoms with Crippen molar-refractivity contribution in [3.63, 3.8) is 0 Å². The number of aromatic nitrogens is 1. The summed E-state index contributed by atoms with van der Waals surface area (Å²) in [6, 6.07) is 12.3. The fraction of sp³-hybridized carbons (Fsp3) is 0.0667. The van der Waals surface area contributed by atoms with Gasteiger partial charge in [0.2, 0.25) is 0 Å². The maximum atomic E-state index is 12.1. The summed E-state index contributed by atoms with van der Waals surface area (Å²) >= 11 is 3.36. The molecule has 1 heterocycles. The molecule has 5 nitrogen and oxygen atoms in total. The molecule has 3 rings (SSSR count). The van der Waals surface area contributed by atoms with Crippen LogP contribution in [0.1, 0.15) is 15.9 Å². The lowest BCUT2D eigenvalue weighted by Gasteiger charge is -2.05. The first-order valence-corrected chi connectivity index (χ1v) is 7.37. The molecule has 21 heavy (non-hydrogen) atoms. The Balaban J connectivity index is 1.82. The number of oxazole rings is 1. The minimum atomic E-state index is -0.515. The first kappa shape index (κ1) is 13.6. The number of halogens is 1. The van der Waals surface area contributed by atoms with Gasteiger partial charge in [-0.2, -0.15) is 0 Å². The van der Waals surface area contributed by atoms with Crippen LogP contribution >= 0.6 is 15.9 Å². The molecule has 0 aliphatic rings. The van der Waals surface area contributed by atoms with Gasteiger partial charge >= 0.3 is 5.76 Å². The van der Waals surface area contributed by atoms with Crippen molar-refractivity contribution in [2.24, 2.45) is 0 Å². The molecule has 0 fully saturated rings. The number of alkyl halides is 1. The molecule has 0 saturated carbocycles. The number of hydrogen-bond donors (Lipinski definition) is 2. The minimum Gasteiger partial charge on any atom is -0.408 e. The number of carbonyl (C=O) groups is 1. The third-order valence-corrected chi connectivity index (χ3v) is 3.69. The summed E-state index contributed by atoms with van der Waals surface area (Å²) in [6.07, 6.45) is 0. The molecule has 1 amide bonds. The Kier molecular flexibility index (Phi) is 3.62. The lowest BCUT2D eigenvalue weighted by atomic mass is 10.1. The predicted molar refractivity (Wildman–Crippen MR) is 83.9 cm³/mol. The highest BCUT2D eigenvalue weighted by molar-refractivity contribution is 9.08. The van der Waals surface area contributed by atoms with Crippen LogP contribution in [-0.2, 0) is 5.33 Å². The summed E-state index contributed by atoms with van der Waals surface area (Å²) in [5.74, 6) is -0.722. The zero-order chi connectivity index (χ0) is 14.8. The molecule has 1 aromatic heterocycles. The fourth-order valence-corrected chi connectivity index (χ4v) is 2.35.